The highest BCUT2D eigenvalue weighted by molar-refractivity contribution is 5.70. The Balaban J connectivity index is 1.83. The molecule has 2 aliphatic rings. The van der Waals surface area contributed by atoms with E-state index in [1.54, 1.807) is 0 Å². The molecular weight excluding hydrogens is 188 g/mol. The van der Waals surface area contributed by atoms with Crippen molar-refractivity contribution in [3.05, 3.63) is 12.2 Å². The summed E-state index contributed by atoms with van der Waals surface area (Å²) in [5.74, 6) is -0.404. The van der Waals surface area contributed by atoms with Gasteiger partial charge < -0.3 is 18.9 Å². The van der Waals surface area contributed by atoms with E-state index in [2.05, 4.69) is 4.74 Å². The third-order valence-corrected chi connectivity index (χ3v) is 2.14. The molecule has 0 aromatic heterocycles. The van der Waals surface area contributed by atoms with Crippen LogP contribution in [-0.4, -0.2) is 44.8 Å². The maximum atomic E-state index is 10.8. The molecule has 1 saturated heterocycles. The summed E-state index contributed by atoms with van der Waals surface area (Å²) in [7, 11) is 1.32. The predicted octanol–water partition coefficient (Wildman–Crippen LogP) is -0.144. The van der Waals surface area contributed by atoms with Crippen LogP contribution >= 0.6 is 0 Å². The van der Waals surface area contributed by atoms with Gasteiger partial charge in [-0.05, 0) is 0 Å². The lowest BCUT2D eigenvalue weighted by Gasteiger charge is -2.22. The van der Waals surface area contributed by atoms with E-state index in [0.29, 0.717) is 6.61 Å². The van der Waals surface area contributed by atoms with Crippen molar-refractivity contribution in [2.45, 2.75) is 18.5 Å². The van der Waals surface area contributed by atoms with Crippen molar-refractivity contribution < 1.29 is 23.7 Å². The topological polar surface area (TPSA) is 54.0 Å². The molecule has 2 bridgehead atoms. The molecule has 0 saturated carbocycles. The van der Waals surface area contributed by atoms with Crippen molar-refractivity contribution in [3.8, 4) is 0 Å². The van der Waals surface area contributed by atoms with Crippen LogP contribution in [0.5, 0.6) is 0 Å². The van der Waals surface area contributed by atoms with E-state index in [1.807, 2.05) is 12.2 Å². The quantitative estimate of drug-likeness (QED) is 0.468. The van der Waals surface area contributed by atoms with Gasteiger partial charge in [0.15, 0.2) is 6.29 Å². The number of hydrogen-bond acceptors (Lipinski definition) is 5. The second-order valence-electron chi connectivity index (χ2n) is 3.11. The van der Waals surface area contributed by atoms with Crippen molar-refractivity contribution in [2.24, 2.45) is 0 Å². The molecule has 5 heteroatoms. The van der Waals surface area contributed by atoms with Gasteiger partial charge in [0.05, 0.1) is 13.7 Å². The number of esters is 1. The molecule has 2 rings (SSSR count). The Morgan fingerprint density at radius 1 is 1.57 bits per heavy atom. The van der Waals surface area contributed by atoms with Gasteiger partial charge in [-0.2, -0.15) is 0 Å². The van der Waals surface area contributed by atoms with E-state index in [4.69, 9.17) is 14.2 Å². The number of rotatable bonds is 3. The van der Waals surface area contributed by atoms with Crippen LogP contribution in [0.3, 0.4) is 0 Å². The number of hydrogen-bond donors (Lipinski definition) is 0. The van der Waals surface area contributed by atoms with E-state index < -0.39 is 5.97 Å². The Kier molecular flexibility index (Phi) is 2.81. The fourth-order valence-electron chi connectivity index (χ4n) is 1.40. The van der Waals surface area contributed by atoms with Crippen LogP contribution in [0.4, 0.5) is 0 Å². The van der Waals surface area contributed by atoms with Crippen LogP contribution in [0, 0.1) is 0 Å². The largest absolute Gasteiger partial charge is 0.467 e. The molecule has 2 unspecified atom stereocenters. The van der Waals surface area contributed by atoms with Gasteiger partial charge in [-0.25, -0.2) is 4.79 Å². The molecule has 1 fully saturated rings. The Hall–Kier alpha value is -0.910. The highest BCUT2D eigenvalue weighted by Crippen LogP contribution is 2.23. The standard InChI is InChI=1S/C9H12O5/c1-11-8(10)5-12-7-3-2-6-4-13-9(7)14-6/h2-3,6-7,9H,4-5H2,1H3/t6?,7?,9-/m1/s1. The number of fused-ring (bicyclic) bond motifs is 2. The third-order valence-electron chi connectivity index (χ3n) is 2.14. The summed E-state index contributed by atoms with van der Waals surface area (Å²) in [5, 5.41) is 0. The van der Waals surface area contributed by atoms with Gasteiger partial charge in [0.25, 0.3) is 0 Å². The second-order valence-corrected chi connectivity index (χ2v) is 3.11. The summed E-state index contributed by atoms with van der Waals surface area (Å²) in [6.07, 6.45) is 3.08. The van der Waals surface area contributed by atoms with E-state index in [1.165, 1.54) is 7.11 Å². The predicted molar refractivity (Wildman–Crippen MR) is 45.5 cm³/mol. The highest BCUT2D eigenvalue weighted by Gasteiger charge is 2.35. The maximum Gasteiger partial charge on any atom is 0.331 e. The molecule has 0 radical (unpaired) electrons. The summed E-state index contributed by atoms with van der Waals surface area (Å²) in [4.78, 5) is 10.8. The molecular formula is C9H12O5. The molecule has 0 spiro atoms. The summed E-state index contributed by atoms with van der Waals surface area (Å²) >= 11 is 0. The molecule has 2 aliphatic heterocycles. The minimum Gasteiger partial charge on any atom is -0.467 e. The average Bonchev–Trinajstić information content (AvgIpc) is 2.60. The van der Waals surface area contributed by atoms with Gasteiger partial charge in [0.2, 0.25) is 0 Å². The van der Waals surface area contributed by atoms with Crippen LogP contribution < -0.4 is 0 Å². The molecule has 0 aromatic carbocycles. The van der Waals surface area contributed by atoms with Crippen molar-refractivity contribution in [1.29, 1.82) is 0 Å². The highest BCUT2D eigenvalue weighted by atomic mass is 16.7. The van der Waals surface area contributed by atoms with Crippen LogP contribution in [-0.2, 0) is 23.7 Å². The van der Waals surface area contributed by atoms with Crippen molar-refractivity contribution in [1.82, 2.24) is 0 Å². The van der Waals surface area contributed by atoms with E-state index in [-0.39, 0.29) is 25.1 Å². The van der Waals surface area contributed by atoms with Crippen LogP contribution in [0.2, 0.25) is 0 Å². The Bertz CT molecular complexity index is 250. The van der Waals surface area contributed by atoms with Crippen molar-refractivity contribution in [3.63, 3.8) is 0 Å². The first kappa shape index (κ1) is 9.64. The van der Waals surface area contributed by atoms with Gasteiger partial charge in [0, 0.05) is 0 Å². The average molecular weight is 200 g/mol. The maximum absolute atomic E-state index is 10.8. The molecule has 2 heterocycles. The third kappa shape index (κ3) is 1.95. The van der Waals surface area contributed by atoms with E-state index in [0.717, 1.165) is 0 Å². The van der Waals surface area contributed by atoms with Gasteiger partial charge in [-0.15, -0.1) is 0 Å². The Morgan fingerprint density at radius 3 is 3.21 bits per heavy atom. The zero-order valence-corrected chi connectivity index (χ0v) is 7.84. The summed E-state index contributed by atoms with van der Waals surface area (Å²) < 4.78 is 20.4. The molecule has 0 aromatic rings. The van der Waals surface area contributed by atoms with Crippen LogP contribution in [0.25, 0.3) is 0 Å². The molecule has 14 heavy (non-hydrogen) atoms. The van der Waals surface area contributed by atoms with Gasteiger partial charge in [-0.1, -0.05) is 12.2 Å². The summed E-state index contributed by atoms with van der Waals surface area (Å²) in [5.41, 5.74) is 0. The molecule has 3 atom stereocenters. The number of carbonyl (C=O) groups is 1. The minimum atomic E-state index is -0.404. The number of ether oxygens (including phenoxy) is 4. The summed E-state index contributed by atoms with van der Waals surface area (Å²) in [6, 6.07) is 0. The van der Waals surface area contributed by atoms with E-state index in [9.17, 15) is 4.79 Å². The smallest absolute Gasteiger partial charge is 0.331 e. The number of carbonyl (C=O) groups excluding carboxylic acids is 1. The fourth-order valence-corrected chi connectivity index (χ4v) is 1.40. The first-order valence-corrected chi connectivity index (χ1v) is 4.43. The molecule has 0 N–H and O–H groups in total. The van der Waals surface area contributed by atoms with Crippen molar-refractivity contribution >= 4 is 5.97 Å². The van der Waals surface area contributed by atoms with Gasteiger partial charge in [-0.3, -0.25) is 0 Å². The molecule has 0 aliphatic carbocycles. The molecule has 78 valence electrons. The lowest BCUT2D eigenvalue weighted by molar-refractivity contribution is -0.161. The normalized spacial score (nSPS) is 34.5. The van der Waals surface area contributed by atoms with Crippen LogP contribution in [0.15, 0.2) is 12.2 Å². The monoisotopic (exact) mass is 200 g/mol. The van der Waals surface area contributed by atoms with Crippen LogP contribution in [0.1, 0.15) is 0 Å². The van der Waals surface area contributed by atoms with E-state index >= 15 is 0 Å². The second kappa shape index (κ2) is 4.08. The number of methoxy groups -OCH3 is 1. The first-order valence-electron chi connectivity index (χ1n) is 4.43. The van der Waals surface area contributed by atoms with Gasteiger partial charge >= 0.3 is 5.97 Å². The van der Waals surface area contributed by atoms with Crippen molar-refractivity contribution in [2.75, 3.05) is 20.3 Å². The van der Waals surface area contributed by atoms with Gasteiger partial charge in [0.1, 0.15) is 18.8 Å². The first-order chi connectivity index (χ1) is 6.79. The Morgan fingerprint density at radius 2 is 2.43 bits per heavy atom. The Labute approximate surface area is 81.6 Å². The lowest BCUT2D eigenvalue weighted by atomic mass is 10.2. The lowest BCUT2D eigenvalue weighted by Crippen LogP contribution is -2.33. The molecule has 5 nitrogen and oxygen atoms in total. The zero-order chi connectivity index (χ0) is 9.97. The summed E-state index contributed by atoms with van der Waals surface area (Å²) in [6.45, 7) is 0.471. The SMILES string of the molecule is COC(=O)COC1C=CC2CO[C@@H]1O2. The fraction of sp³-hybridized carbons (Fsp3) is 0.667. The molecule has 0 amide bonds. The zero-order valence-electron chi connectivity index (χ0n) is 7.84. The minimum absolute atomic E-state index is 0.0398.